The van der Waals surface area contributed by atoms with Crippen LogP contribution >= 0.6 is 11.3 Å². The molecule has 0 saturated carbocycles. The van der Waals surface area contributed by atoms with Gasteiger partial charge in [0.1, 0.15) is 23.0 Å². The maximum absolute atomic E-state index is 13.2. The molecule has 1 aliphatic heterocycles. The number of hydrogen-bond donors (Lipinski definition) is 2. The van der Waals surface area contributed by atoms with Crippen LogP contribution in [-0.4, -0.2) is 40.0 Å². The zero-order valence-electron chi connectivity index (χ0n) is 18.9. The molecule has 2 N–H and O–H groups in total. The molecule has 34 heavy (non-hydrogen) atoms. The van der Waals surface area contributed by atoms with E-state index in [2.05, 4.69) is 0 Å². The molecule has 2 heterocycles. The van der Waals surface area contributed by atoms with E-state index in [9.17, 15) is 19.8 Å². The van der Waals surface area contributed by atoms with Crippen molar-refractivity contribution in [2.24, 2.45) is 0 Å². The third kappa shape index (κ3) is 4.49. The van der Waals surface area contributed by atoms with Gasteiger partial charge in [0.15, 0.2) is 0 Å². The molecule has 2 aromatic carbocycles. The van der Waals surface area contributed by atoms with E-state index >= 15 is 0 Å². The Balaban J connectivity index is 1.87. The average Bonchev–Trinajstić information content (AvgIpc) is 3.42. The first kappa shape index (κ1) is 23.4. The van der Waals surface area contributed by atoms with Crippen molar-refractivity contribution in [2.75, 3.05) is 13.2 Å². The number of nitrogens with zero attached hydrogens (tertiary/aromatic N) is 1. The summed E-state index contributed by atoms with van der Waals surface area (Å²) < 4.78 is 11.3. The summed E-state index contributed by atoms with van der Waals surface area (Å²) in [5.74, 6) is -0.823. The van der Waals surface area contributed by atoms with Gasteiger partial charge in [0.05, 0.1) is 36.9 Å². The molecule has 1 unspecified atom stereocenters. The second-order valence-corrected chi connectivity index (χ2v) is 8.65. The Morgan fingerprint density at radius 2 is 1.76 bits per heavy atom. The molecule has 4 rings (SSSR count). The Bertz CT molecular complexity index is 1220. The third-order valence-corrected chi connectivity index (χ3v) is 6.34. The lowest BCUT2D eigenvalue weighted by molar-refractivity contribution is -0.140. The SMILES string of the molecule is CCOc1ccc(/C(O)=C2/C(=O)C(=O)N(Cc3cccs3)C2c2ccc(O)cc2)c(OCC)c1. The Morgan fingerprint density at radius 1 is 1.03 bits per heavy atom. The molecule has 1 aliphatic rings. The van der Waals surface area contributed by atoms with Crippen molar-refractivity contribution in [1.29, 1.82) is 0 Å². The molecule has 3 aromatic rings. The maximum Gasteiger partial charge on any atom is 0.295 e. The smallest absolute Gasteiger partial charge is 0.295 e. The Labute approximate surface area is 201 Å². The molecule has 1 fully saturated rings. The summed E-state index contributed by atoms with van der Waals surface area (Å²) in [7, 11) is 0. The van der Waals surface area contributed by atoms with Crippen molar-refractivity contribution < 1.29 is 29.3 Å². The van der Waals surface area contributed by atoms with Crippen molar-refractivity contribution in [1.82, 2.24) is 4.90 Å². The van der Waals surface area contributed by atoms with Gasteiger partial charge in [-0.2, -0.15) is 0 Å². The molecular weight excluding hydrogens is 454 g/mol. The zero-order valence-corrected chi connectivity index (χ0v) is 19.7. The molecule has 1 amide bonds. The summed E-state index contributed by atoms with van der Waals surface area (Å²) in [5.41, 5.74) is 0.861. The van der Waals surface area contributed by atoms with Crippen LogP contribution < -0.4 is 9.47 Å². The number of hydrogen-bond acceptors (Lipinski definition) is 7. The van der Waals surface area contributed by atoms with Crippen LogP contribution in [0.4, 0.5) is 0 Å². The van der Waals surface area contributed by atoms with E-state index in [0.29, 0.717) is 35.8 Å². The van der Waals surface area contributed by atoms with Crippen LogP contribution in [0.3, 0.4) is 0 Å². The van der Waals surface area contributed by atoms with Gasteiger partial charge in [-0.05, 0) is 55.1 Å². The number of rotatable bonds is 8. The summed E-state index contributed by atoms with van der Waals surface area (Å²) in [6.07, 6.45) is 0. The van der Waals surface area contributed by atoms with Gasteiger partial charge in [-0.25, -0.2) is 0 Å². The number of aliphatic hydroxyl groups excluding tert-OH is 1. The Hall–Kier alpha value is -3.78. The number of benzene rings is 2. The van der Waals surface area contributed by atoms with Gasteiger partial charge in [-0.3, -0.25) is 9.59 Å². The fourth-order valence-corrected chi connectivity index (χ4v) is 4.69. The highest BCUT2D eigenvalue weighted by atomic mass is 32.1. The predicted molar refractivity (Wildman–Crippen MR) is 129 cm³/mol. The number of ketones is 1. The van der Waals surface area contributed by atoms with Gasteiger partial charge in [-0.1, -0.05) is 18.2 Å². The molecule has 0 spiro atoms. The third-order valence-electron chi connectivity index (χ3n) is 5.47. The largest absolute Gasteiger partial charge is 0.508 e. The average molecular weight is 480 g/mol. The van der Waals surface area contributed by atoms with Crippen LogP contribution in [0, 0.1) is 0 Å². The predicted octanol–water partition coefficient (Wildman–Crippen LogP) is 4.87. The van der Waals surface area contributed by atoms with Crippen molar-refractivity contribution in [2.45, 2.75) is 26.4 Å². The standard InChI is InChI=1S/C26H25NO6S/c1-3-32-18-11-12-20(21(14-18)33-4-2)24(29)22-23(16-7-9-17(28)10-8-16)27(26(31)25(22)30)15-19-6-5-13-34-19/h5-14,23,28-29H,3-4,15H2,1-2H3/b24-22-. The number of phenols is 1. The molecule has 1 saturated heterocycles. The van der Waals surface area contributed by atoms with Crippen LogP contribution in [0.25, 0.3) is 5.76 Å². The fraction of sp³-hybridized carbons (Fsp3) is 0.231. The van der Waals surface area contributed by atoms with Gasteiger partial charge < -0.3 is 24.6 Å². The van der Waals surface area contributed by atoms with Gasteiger partial charge in [-0.15, -0.1) is 11.3 Å². The Morgan fingerprint density at radius 3 is 2.41 bits per heavy atom. The highest BCUT2D eigenvalue weighted by Gasteiger charge is 2.46. The van der Waals surface area contributed by atoms with Gasteiger partial charge in [0.2, 0.25) is 0 Å². The number of likely N-dealkylation sites (tertiary alicyclic amines) is 1. The van der Waals surface area contributed by atoms with Crippen LogP contribution in [0.15, 0.2) is 65.6 Å². The van der Waals surface area contributed by atoms with Crippen molar-refractivity contribution in [3.8, 4) is 17.2 Å². The van der Waals surface area contributed by atoms with Gasteiger partial charge in [0, 0.05) is 10.9 Å². The molecule has 7 nitrogen and oxygen atoms in total. The number of thiophene rings is 1. The van der Waals surface area contributed by atoms with E-state index in [-0.39, 0.29) is 23.6 Å². The minimum absolute atomic E-state index is 0.0302. The lowest BCUT2D eigenvalue weighted by Crippen LogP contribution is -2.28. The number of Topliss-reactive ketones (excluding diaryl/α,β-unsaturated/α-hetero) is 1. The summed E-state index contributed by atoms with van der Waals surface area (Å²) in [6, 6.07) is 14.1. The Kier molecular flexibility index (Phi) is 6.88. The highest BCUT2D eigenvalue weighted by Crippen LogP contribution is 2.42. The first-order valence-electron chi connectivity index (χ1n) is 10.9. The van der Waals surface area contributed by atoms with E-state index in [0.717, 1.165) is 4.88 Å². The molecule has 176 valence electrons. The summed E-state index contributed by atoms with van der Waals surface area (Å²) >= 11 is 1.48. The van der Waals surface area contributed by atoms with E-state index < -0.39 is 17.7 Å². The number of phenolic OH excluding ortho intramolecular Hbond substituents is 1. The van der Waals surface area contributed by atoms with E-state index in [1.165, 1.54) is 28.4 Å². The highest BCUT2D eigenvalue weighted by molar-refractivity contribution is 7.09. The summed E-state index contributed by atoms with van der Waals surface area (Å²) in [4.78, 5) is 28.7. The van der Waals surface area contributed by atoms with Crippen molar-refractivity contribution in [3.63, 3.8) is 0 Å². The van der Waals surface area contributed by atoms with Crippen LogP contribution in [0.1, 0.15) is 35.9 Å². The topological polar surface area (TPSA) is 96.3 Å². The van der Waals surface area contributed by atoms with Crippen LogP contribution in [-0.2, 0) is 16.1 Å². The minimum Gasteiger partial charge on any atom is -0.508 e. The molecular formula is C26H25NO6S. The molecule has 8 heteroatoms. The lowest BCUT2D eigenvalue weighted by atomic mass is 9.95. The maximum atomic E-state index is 13.2. The molecule has 1 aromatic heterocycles. The van der Waals surface area contributed by atoms with Crippen LogP contribution in [0.5, 0.6) is 17.2 Å². The number of aliphatic hydroxyl groups is 1. The fourth-order valence-electron chi connectivity index (χ4n) is 3.99. The minimum atomic E-state index is -0.830. The molecule has 1 atom stereocenters. The lowest BCUT2D eigenvalue weighted by Gasteiger charge is -2.25. The monoisotopic (exact) mass is 479 g/mol. The quantitative estimate of drug-likeness (QED) is 0.272. The number of carbonyl (C=O) groups excluding carboxylic acids is 2. The number of carbonyl (C=O) groups is 2. The second-order valence-electron chi connectivity index (χ2n) is 7.62. The van der Waals surface area contributed by atoms with Crippen molar-refractivity contribution >= 4 is 28.8 Å². The molecule has 0 bridgehead atoms. The van der Waals surface area contributed by atoms with Gasteiger partial charge >= 0.3 is 0 Å². The van der Waals surface area contributed by atoms with E-state index in [4.69, 9.17) is 9.47 Å². The first-order chi connectivity index (χ1) is 16.4. The van der Waals surface area contributed by atoms with Crippen molar-refractivity contribution in [3.05, 3.63) is 81.6 Å². The first-order valence-corrected chi connectivity index (χ1v) is 11.8. The number of ether oxygens (including phenoxy) is 2. The van der Waals surface area contributed by atoms with Crippen LogP contribution in [0.2, 0.25) is 0 Å². The van der Waals surface area contributed by atoms with Gasteiger partial charge in [0.25, 0.3) is 11.7 Å². The number of aromatic hydroxyl groups is 1. The van der Waals surface area contributed by atoms with E-state index in [1.807, 2.05) is 31.4 Å². The number of amides is 1. The second kappa shape index (κ2) is 10.0. The molecule has 0 aliphatic carbocycles. The summed E-state index contributed by atoms with van der Waals surface area (Å²) in [6.45, 7) is 4.69. The normalized spacial score (nSPS) is 17.2. The molecule has 0 radical (unpaired) electrons. The summed E-state index contributed by atoms with van der Waals surface area (Å²) in [5, 5.41) is 23.0. The zero-order chi connectivity index (χ0) is 24.2. The van der Waals surface area contributed by atoms with E-state index in [1.54, 1.807) is 30.3 Å².